The molecular formula is C14H23N5. The lowest BCUT2D eigenvalue weighted by atomic mass is 10.2. The summed E-state index contributed by atoms with van der Waals surface area (Å²) in [5, 5.41) is 12.2. The molecule has 0 amide bonds. The summed E-state index contributed by atoms with van der Waals surface area (Å²) in [6, 6.07) is 2.18. The van der Waals surface area contributed by atoms with Gasteiger partial charge in [-0.25, -0.2) is 0 Å². The minimum Gasteiger partial charge on any atom is -0.316 e. The van der Waals surface area contributed by atoms with Crippen LogP contribution >= 0.6 is 0 Å². The Hall–Kier alpha value is -1.62. The van der Waals surface area contributed by atoms with Crippen molar-refractivity contribution < 1.29 is 0 Å². The van der Waals surface area contributed by atoms with Gasteiger partial charge in [-0.2, -0.15) is 10.2 Å². The lowest BCUT2D eigenvalue weighted by Gasteiger charge is -2.07. The summed E-state index contributed by atoms with van der Waals surface area (Å²) in [7, 11) is 1.95. The molecule has 0 aliphatic heterocycles. The number of hydrogen-bond donors (Lipinski definition) is 1. The molecule has 5 heteroatoms. The molecule has 0 aromatic carbocycles. The number of hydrogen-bond acceptors (Lipinski definition) is 3. The third kappa shape index (κ3) is 2.87. The number of aromatic nitrogens is 4. The van der Waals surface area contributed by atoms with Gasteiger partial charge in [0.25, 0.3) is 0 Å². The highest BCUT2D eigenvalue weighted by Crippen LogP contribution is 2.12. The third-order valence-electron chi connectivity index (χ3n) is 3.46. The predicted octanol–water partition coefficient (Wildman–Crippen LogP) is 1.74. The molecule has 0 aliphatic carbocycles. The van der Waals surface area contributed by atoms with Gasteiger partial charge in [-0.05, 0) is 33.4 Å². The maximum atomic E-state index is 4.58. The zero-order valence-corrected chi connectivity index (χ0v) is 12.3. The fourth-order valence-electron chi connectivity index (χ4n) is 2.25. The van der Waals surface area contributed by atoms with Gasteiger partial charge in [0, 0.05) is 24.3 Å². The van der Waals surface area contributed by atoms with E-state index in [0.717, 1.165) is 31.7 Å². The molecule has 2 aromatic rings. The summed E-state index contributed by atoms with van der Waals surface area (Å²) in [4.78, 5) is 0. The van der Waals surface area contributed by atoms with Gasteiger partial charge < -0.3 is 5.32 Å². The van der Waals surface area contributed by atoms with Gasteiger partial charge in [0.15, 0.2) is 0 Å². The van der Waals surface area contributed by atoms with E-state index in [1.54, 1.807) is 0 Å². The molecule has 0 bridgehead atoms. The highest BCUT2D eigenvalue weighted by Gasteiger charge is 2.10. The molecule has 0 saturated carbocycles. The molecule has 5 nitrogen and oxygen atoms in total. The van der Waals surface area contributed by atoms with Crippen LogP contribution in [0.2, 0.25) is 0 Å². The maximum absolute atomic E-state index is 4.58. The van der Waals surface area contributed by atoms with Crippen molar-refractivity contribution in [1.29, 1.82) is 0 Å². The predicted molar refractivity (Wildman–Crippen MR) is 76.1 cm³/mol. The van der Waals surface area contributed by atoms with E-state index in [-0.39, 0.29) is 0 Å². The fraction of sp³-hybridized carbons (Fsp3) is 0.571. The van der Waals surface area contributed by atoms with Gasteiger partial charge in [0.05, 0.1) is 24.1 Å². The van der Waals surface area contributed by atoms with Gasteiger partial charge in [0.1, 0.15) is 0 Å². The van der Waals surface area contributed by atoms with E-state index in [1.807, 2.05) is 13.2 Å². The summed E-state index contributed by atoms with van der Waals surface area (Å²) >= 11 is 0. The molecule has 0 radical (unpaired) electrons. The molecule has 104 valence electrons. The summed E-state index contributed by atoms with van der Waals surface area (Å²) < 4.78 is 4.12. The van der Waals surface area contributed by atoms with E-state index in [9.17, 15) is 0 Å². The van der Waals surface area contributed by atoms with Crippen LogP contribution in [-0.4, -0.2) is 26.6 Å². The second kappa shape index (κ2) is 6.02. The first-order valence-corrected chi connectivity index (χ1v) is 6.91. The molecule has 0 atom stereocenters. The molecule has 2 rings (SSSR count). The Bertz CT molecular complexity index is 538. The SMILES string of the molecule is CCc1cc(Cn2ncc(CNC)c2C)n(CC)n1. The zero-order valence-electron chi connectivity index (χ0n) is 12.3. The van der Waals surface area contributed by atoms with Crippen molar-refractivity contribution in [2.75, 3.05) is 7.05 Å². The fourth-order valence-corrected chi connectivity index (χ4v) is 2.25. The Labute approximate surface area is 114 Å². The number of aryl methyl sites for hydroxylation is 2. The van der Waals surface area contributed by atoms with Crippen LogP contribution in [-0.2, 0) is 26.1 Å². The van der Waals surface area contributed by atoms with Crippen LogP contribution < -0.4 is 5.32 Å². The molecule has 0 aliphatic rings. The molecule has 2 aromatic heterocycles. The first-order valence-electron chi connectivity index (χ1n) is 6.91. The number of nitrogens with zero attached hydrogens (tertiary/aromatic N) is 4. The number of rotatable bonds is 6. The Kier molecular flexibility index (Phi) is 4.37. The topological polar surface area (TPSA) is 47.7 Å². The van der Waals surface area contributed by atoms with Gasteiger partial charge in [-0.1, -0.05) is 6.92 Å². The Morgan fingerprint density at radius 1 is 1.26 bits per heavy atom. The van der Waals surface area contributed by atoms with E-state index in [4.69, 9.17) is 0 Å². The average molecular weight is 261 g/mol. The first-order chi connectivity index (χ1) is 9.19. The van der Waals surface area contributed by atoms with E-state index in [2.05, 4.69) is 51.7 Å². The van der Waals surface area contributed by atoms with Gasteiger partial charge in [0.2, 0.25) is 0 Å². The molecular weight excluding hydrogens is 238 g/mol. The largest absolute Gasteiger partial charge is 0.316 e. The van der Waals surface area contributed by atoms with Crippen molar-refractivity contribution in [1.82, 2.24) is 24.9 Å². The quantitative estimate of drug-likeness (QED) is 0.861. The van der Waals surface area contributed by atoms with Crippen molar-refractivity contribution in [3.8, 4) is 0 Å². The highest BCUT2D eigenvalue weighted by atomic mass is 15.3. The molecule has 0 spiro atoms. The van der Waals surface area contributed by atoms with E-state index in [1.165, 1.54) is 17.0 Å². The van der Waals surface area contributed by atoms with Crippen molar-refractivity contribution in [2.24, 2.45) is 0 Å². The Morgan fingerprint density at radius 2 is 2.05 bits per heavy atom. The minimum atomic E-state index is 0.788. The smallest absolute Gasteiger partial charge is 0.0831 e. The van der Waals surface area contributed by atoms with Crippen molar-refractivity contribution in [2.45, 2.75) is 46.8 Å². The van der Waals surface area contributed by atoms with Gasteiger partial charge >= 0.3 is 0 Å². The second-order valence-corrected chi connectivity index (χ2v) is 4.74. The van der Waals surface area contributed by atoms with Crippen LogP contribution in [0.5, 0.6) is 0 Å². The van der Waals surface area contributed by atoms with Gasteiger partial charge in [-0.15, -0.1) is 0 Å². The highest BCUT2D eigenvalue weighted by molar-refractivity contribution is 5.18. The molecule has 0 unspecified atom stereocenters. The molecule has 2 heterocycles. The van der Waals surface area contributed by atoms with E-state index >= 15 is 0 Å². The number of nitrogens with one attached hydrogen (secondary N) is 1. The Balaban J connectivity index is 2.23. The maximum Gasteiger partial charge on any atom is 0.0831 e. The van der Waals surface area contributed by atoms with Crippen molar-refractivity contribution in [3.05, 3.63) is 34.9 Å². The zero-order chi connectivity index (χ0) is 13.8. The summed E-state index contributed by atoms with van der Waals surface area (Å²) in [5.74, 6) is 0. The van der Waals surface area contributed by atoms with Crippen LogP contribution in [0.1, 0.15) is 36.5 Å². The van der Waals surface area contributed by atoms with Crippen LogP contribution in [0.3, 0.4) is 0 Å². The summed E-state index contributed by atoms with van der Waals surface area (Å²) in [6.45, 7) is 8.93. The third-order valence-corrected chi connectivity index (χ3v) is 3.46. The van der Waals surface area contributed by atoms with Crippen LogP contribution in [0.4, 0.5) is 0 Å². The molecule has 0 fully saturated rings. The van der Waals surface area contributed by atoms with Crippen molar-refractivity contribution in [3.63, 3.8) is 0 Å². The van der Waals surface area contributed by atoms with Crippen LogP contribution in [0, 0.1) is 6.92 Å². The molecule has 1 N–H and O–H groups in total. The summed E-state index contributed by atoms with van der Waals surface area (Å²) in [5.41, 5.74) is 4.84. The van der Waals surface area contributed by atoms with E-state index < -0.39 is 0 Å². The second-order valence-electron chi connectivity index (χ2n) is 4.74. The standard InChI is InChI=1S/C14H23N5/c1-5-13-7-14(18(6-2)17-13)10-19-11(3)12(8-15-4)9-16-19/h7,9,15H,5-6,8,10H2,1-4H3. The normalized spacial score (nSPS) is 11.2. The van der Waals surface area contributed by atoms with Crippen LogP contribution in [0.15, 0.2) is 12.3 Å². The lowest BCUT2D eigenvalue weighted by Crippen LogP contribution is -2.11. The lowest BCUT2D eigenvalue weighted by molar-refractivity contribution is 0.566. The Morgan fingerprint density at radius 3 is 2.68 bits per heavy atom. The minimum absolute atomic E-state index is 0.788. The van der Waals surface area contributed by atoms with Gasteiger partial charge in [-0.3, -0.25) is 9.36 Å². The first kappa shape index (κ1) is 13.8. The average Bonchev–Trinajstić information content (AvgIpc) is 2.97. The van der Waals surface area contributed by atoms with Crippen LogP contribution in [0.25, 0.3) is 0 Å². The summed E-state index contributed by atoms with van der Waals surface area (Å²) in [6.07, 6.45) is 2.92. The molecule has 19 heavy (non-hydrogen) atoms. The monoisotopic (exact) mass is 261 g/mol. The van der Waals surface area contributed by atoms with E-state index in [0.29, 0.717) is 0 Å². The molecule has 0 saturated heterocycles. The van der Waals surface area contributed by atoms with Crippen molar-refractivity contribution >= 4 is 0 Å².